The summed E-state index contributed by atoms with van der Waals surface area (Å²) in [5.41, 5.74) is 1.19. The Bertz CT molecular complexity index is 579. The van der Waals surface area contributed by atoms with Crippen molar-refractivity contribution in [2.75, 3.05) is 26.2 Å². The number of carbonyl (C=O) groups excluding carboxylic acids is 1. The minimum absolute atomic E-state index is 0.155. The SMILES string of the molecule is Cn1cc([C@@H]2C[C@@H]2C(=O)N2CCN([C@H]3CCC[C@H]3O)CC2)cn1. The minimum Gasteiger partial charge on any atom is -0.391 e. The summed E-state index contributed by atoms with van der Waals surface area (Å²) in [7, 11) is 1.92. The molecule has 0 bridgehead atoms. The molecule has 0 aromatic carbocycles. The van der Waals surface area contributed by atoms with Gasteiger partial charge in [0.1, 0.15) is 0 Å². The summed E-state index contributed by atoms with van der Waals surface area (Å²) < 4.78 is 1.81. The van der Waals surface area contributed by atoms with E-state index in [9.17, 15) is 9.90 Å². The predicted molar refractivity (Wildman–Crippen MR) is 85.9 cm³/mol. The molecule has 1 aliphatic heterocycles. The summed E-state index contributed by atoms with van der Waals surface area (Å²) in [6.07, 6.45) is 7.86. The van der Waals surface area contributed by atoms with Crippen molar-refractivity contribution in [3.05, 3.63) is 18.0 Å². The highest BCUT2D eigenvalue weighted by atomic mass is 16.3. The van der Waals surface area contributed by atoms with Gasteiger partial charge < -0.3 is 10.0 Å². The van der Waals surface area contributed by atoms with E-state index in [1.165, 1.54) is 5.56 Å². The first-order valence-corrected chi connectivity index (χ1v) is 8.83. The molecule has 2 saturated carbocycles. The number of aromatic nitrogens is 2. The van der Waals surface area contributed by atoms with Crippen molar-refractivity contribution in [2.24, 2.45) is 13.0 Å². The number of carbonyl (C=O) groups is 1. The number of amides is 1. The molecule has 1 N–H and O–H groups in total. The van der Waals surface area contributed by atoms with Gasteiger partial charge in [-0.1, -0.05) is 0 Å². The summed E-state index contributed by atoms with van der Waals surface area (Å²) in [5.74, 6) is 0.833. The molecule has 0 unspecified atom stereocenters. The average Bonchev–Trinajstić information content (AvgIpc) is 3.06. The molecule has 4 rings (SSSR count). The maximum absolute atomic E-state index is 12.7. The van der Waals surface area contributed by atoms with Crippen LogP contribution in [0.4, 0.5) is 0 Å². The zero-order valence-corrected chi connectivity index (χ0v) is 13.8. The fraction of sp³-hybridized carbons (Fsp3) is 0.765. The van der Waals surface area contributed by atoms with Crippen LogP contribution in [0.1, 0.15) is 37.2 Å². The van der Waals surface area contributed by atoms with E-state index in [0.29, 0.717) is 17.9 Å². The second kappa shape index (κ2) is 5.91. The fourth-order valence-corrected chi connectivity index (χ4v) is 4.32. The molecule has 2 heterocycles. The number of aliphatic hydroxyl groups is 1. The summed E-state index contributed by atoms with van der Waals surface area (Å²) >= 11 is 0. The highest BCUT2D eigenvalue weighted by Gasteiger charge is 2.47. The Morgan fingerprint density at radius 2 is 2.04 bits per heavy atom. The third-order valence-corrected chi connectivity index (χ3v) is 5.80. The quantitative estimate of drug-likeness (QED) is 0.886. The Labute approximate surface area is 137 Å². The van der Waals surface area contributed by atoms with Crippen LogP contribution in [0.3, 0.4) is 0 Å². The second-order valence-corrected chi connectivity index (χ2v) is 7.32. The van der Waals surface area contributed by atoms with Gasteiger partial charge in [0, 0.05) is 51.4 Å². The Morgan fingerprint density at radius 3 is 2.65 bits per heavy atom. The molecule has 23 heavy (non-hydrogen) atoms. The van der Waals surface area contributed by atoms with Gasteiger partial charge in [-0.2, -0.15) is 5.10 Å². The van der Waals surface area contributed by atoms with E-state index in [0.717, 1.165) is 51.9 Å². The first-order chi connectivity index (χ1) is 11.1. The fourth-order valence-electron chi connectivity index (χ4n) is 4.32. The number of aliphatic hydroxyl groups excluding tert-OH is 1. The van der Waals surface area contributed by atoms with Crippen molar-refractivity contribution < 1.29 is 9.90 Å². The minimum atomic E-state index is -0.171. The van der Waals surface area contributed by atoms with Gasteiger partial charge in [0.15, 0.2) is 0 Å². The van der Waals surface area contributed by atoms with Crippen LogP contribution in [0.2, 0.25) is 0 Å². The van der Waals surface area contributed by atoms with Crippen LogP contribution in [0, 0.1) is 5.92 Å². The molecule has 6 nitrogen and oxygen atoms in total. The normalized spacial score (nSPS) is 34.8. The monoisotopic (exact) mass is 318 g/mol. The molecule has 1 amide bonds. The molecule has 6 heteroatoms. The van der Waals surface area contributed by atoms with Gasteiger partial charge in [0.05, 0.1) is 12.3 Å². The molecular weight excluding hydrogens is 292 g/mol. The van der Waals surface area contributed by atoms with E-state index < -0.39 is 0 Å². The van der Waals surface area contributed by atoms with Crippen LogP contribution in [-0.4, -0.2) is 68.9 Å². The molecular formula is C17H26N4O2. The smallest absolute Gasteiger partial charge is 0.226 e. The van der Waals surface area contributed by atoms with Crippen molar-refractivity contribution >= 4 is 5.91 Å². The first-order valence-electron chi connectivity index (χ1n) is 8.83. The van der Waals surface area contributed by atoms with Crippen molar-refractivity contribution in [3.8, 4) is 0 Å². The lowest BCUT2D eigenvalue weighted by atomic mass is 10.1. The van der Waals surface area contributed by atoms with Gasteiger partial charge >= 0.3 is 0 Å². The van der Waals surface area contributed by atoms with Crippen molar-refractivity contribution in [1.29, 1.82) is 0 Å². The highest BCUT2D eigenvalue weighted by Crippen LogP contribution is 2.48. The van der Waals surface area contributed by atoms with E-state index in [2.05, 4.69) is 10.00 Å². The van der Waals surface area contributed by atoms with E-state index in [-0.39, 0.29) is 12.0 Å². The third-order valence-electron chi connectivity index (χ3n) is 5.80. The number of piperazine rings is 1. The number of hydrogen-bond acceptors (Lipinski definition) is 4. The number of nitrogens with zero attached hydrogens (tertiary/aromatic N) is 4. The van der Waals surface area contributed by atoms with E-state index in [1.54, 1.807) is 4.68 Å². The predicted octanol–water partition coefficient (Wildman–Crippen LogP) is 0.581. The van der Waals surface area contributed by atoms with Gasteiger partial charge in [-0.25, -0.2) is 0 Å². The Balaban J connectivity index is 1.30. The molecule has 126 valence electrons. The van der Waals surface area contributed by atoms with Crippen LogP contribution >= 0.6 is 0 Å². The zero-order valence-electron chi connectivity index (χ0n) is 13.8. The molecule has 1 aromatic rings. The van der Waals surface area contributed by atoms with Crippen LogP contribution in [-0.2, 0) is 11.8 Å². The maximum Gasteiger partial charge on any atom is 0.226 e. The largest absolute Gasteiger partial charge is 0.391 e. The molecule has 1 saturated heterocycles. The van der Waals surface area contributed by atoms with Gasteiger partial charge in [-0.15, -0.1) is 0 Å². The Kier molecular flexibility index (Phi) is 3.89. The van der Waals surface area contributed by atoms with Crippen LogP contribution < -0.4 is 0 Å². The van der Waals surface area contributed by atoms with E-state index in [1.807, 2.05) is 24.3 Å². The van der Waals surface area contributed by atoms with Gasteiger partial charge in [0.25, 0.3) is 0 Å². The molecule has 2 aliphatic carbocycles. The lowest BCUT2D eigenvalue weighted by Gasteiger charge is -2.39. The topological polar surface area (TPSA) is 61.6 Å². The van der Waals surface area contributed by atoms with E-state index >= 15 is 0 Å². The van der Waals surface area contributed by atoms with E-state index in [4.69, 9.17) is 0 Å². The molecule has 0 radical (unpaired) electrons. The van der Waals surface area contributed by atoms with Gasteiger partial charge in [-0.3, -0.25) is 14.4 Å². The Morgan fingerprint density at radius 1 is 1.26 bits per heavy atom. The molecule has 3 aliphatic rings. The highest BCUT2D eigenvalue weighted by molar-refractivity contribution is 5.83. The molecule has 1 aromatic heterocycles. The average molecular weight is 318 g/mol. The van der Waals surface area contributed by atoms with Crippen molar-refractivity contribution in [1.82, 2.24) is 19.6 Å². The number of hydrogen-bond donors (Lipinski definition) is 1. The maximum atomic E-state index is 12.7. The standard InChI is InChI=1S/C17H26N4O2/c1-19-11-12(10-18-19)13-9-14(13)17(23)21-7-5-20(6-8-21)15-3-2-4-16(15)22/h10-11,13-16,22H,2-9H2,1H3/t13-,14-,15-,16+/m0/s1. The lowest BCUT2D eigenvalue weighted by Crippen LogP contribution is -2.54. The summed E-state index contributed by atoms with van der Waals surface area (Å²) in [6.45, 7) is 3.41. The number of rotatable bonds is 3. The molecule has 0 spiro atoms. The second-order valence-electron chi connectivity index (χ2n) is 7.32. The van der Waals surface area contributed by atoms with Crippen LogP contribution in [0.5, 0.6) is 0 Å². The van der Waals surface area contributed by atoms with Gasteiger partial charge in [0.2, 0.25) is 5.91 Å². The molecule has 3 fully saturated rings. The first kappa shape index (κ1) is 15.1. The lowest BCUT2D eigenvalue weighted by molar-refractivity contribution is -0.135. The summed E-state index contributed by atoms with van der Waals surface area (Å²) in [6, 6.07) is 0.316. The third kappa shape index (κ3) is 2.90. The Hall–Kier alpha value is -1.40. The zero-order chi connectivity index (χ0) is 16.0. The number of aryl methyl sites for hydroxylation is 1. The van der Waals surface area contributed by atoms with Crippen molar-refractivity contribution in [3.63, 3.8) is 0 Å². The summed E-state index contributed by atoms with van der Waals surface area (Å²) in [4.78, 5) is 17.1. The van der Waals surface area contributed by atoms with Gasteiger partial charge in [-0.05, 0) is 37.2 Å². The van der Waals surface area contributed by atoms with Crippen molar-refractivity contribution in [2.45, 2.75) is 43.7 Å². The summed E-state index contributed by atoms with van der Waals surface area (Å²) in [5, 5.41) is 14.3. The van der Waals surface area contributed by atoms with Crippen LogP contribution in [0.25, 0.3) is 0 Å². The molecule has 4 atom stereocenters. The van der Waals surface area contributed by atoms with Crippen LogP contribution in [0.15, 0.2) is 12.4 Å².